The molecule has 0 aromatic heterocycles. The van der Waals surface area contributed by atoms with Gasteiger partial charge in [0.15, 0.2) is 5.11 Å². The zero-order valence-corrected chi connectivity index (χ0v) is 11.1. The van der Waals surface area contributed by atoms with Gasteiger partial charge in [-0.25, -0.2) is 4.79 Å². The molecule has 0 radical (unpaired) electrons. The molecule has 3 N–H and O–H groups in total. The molecule has 0 aromatic rings. The molecular formula is C10H22N4OS. The van der Waals surface area contributed by atoms with Crippen molar-refractivity contribution < 1.29 is 4.79 Å². The van der Waals surface area contributed by atoms with Crippen LogP contribution in [0.2, 0.25) is 0 Å². The molecule has 16 heavy (non-hydrogen) atoms. The standard InChI is InChI=1S/C10H22N4OS/c1-4-5-6-11-9(16)12-7-8-13-10(15)14(2)3/h4-8H2,1-3H3,(H,13,15)(H2,11,12,16). The summed E-state index contributed by atoms with van der Waals surface area (Å²) in [6.45, 7) is 4.23. The lowest BCUT2D eigenvalue weighted by atomic mass is 10.3. The van der Waals surface area contributed by atoms with Gasteiger partial charge in [-0.05, 0) is 18.6 Å². The molecule has 2 amide bonds. The van der Waals surface area contributed by atoms with Gasteiger partial charge >= 0.3 is 6.03 Å². The van der Waals surface area contributed by atoms with E-state index in [4.69, 9.17) is 12.2 Å². The van der Waals surface area contributed by atoms with Gasteiger partial charge in [-0.15, -0.1) is 0 Å². The number of amides is 2. The molecule has 0 aliphatic carbocycles. The van der Waals surface area contributed by atoms with Crippen LogP contribution in [0.15, 0.2) is 0 Å². The zero-order chi connectivity index (χ0) is 12.4. The Morgan fingerprint density at radius 1 is 1.12 bits per heavy atom. The highest BCUT2D eigenvalue weighted by molar-refractivity contribution is 7.80. The average Bonchev–Trinajstić information content (AvgIpc) is 2.24. The fourth-order valence-electron chi connectivity index (χ4n) is 0.945. The molecule has 0 rings (SSSR count). The van der Waals surface area contributed by atoms with E-state index >= 15 is 0 Å². The van der Waals surface area contributed by atoms with Crippen molar-refractivity contribution in [2.24, 2.45) is 0 Å². The van der Waals surface area contributed by atoms with Crippen molar-refractivity contribution in [3.63, 3.8) is 0 Å². The van der Waals surface area contributed by atoms with Crippen molar-refractivity contribution in [2.75, 3.05) is 33.7 Å². The Bertz CT molecular complexity index is 221. The van der Waals surface area contributed by atoms with E-state index in [1.807, 2.05) is 0 Å². The number of thiocarbonyl (C=S) groups is 1. The fourth-order valence-corrected chi connectivity index (χ4v) is 1.15. The summed E-state index contributed by atoms with van der Waals surface area (Å²) in [7, 11) is 3.42. The molecule has 0 aliphatic heterocycles. The molecule has 0 aromatic carbocycles. The summed E-state index contributed by atoms with van der Waals surface area (Å²) in [4.78, 5) is 12.6. The predicted octanol–water partition coefficient (Wildman–Crippen LogP) is 0.522. The molecule has 6 heteroatoms. The van der Waals surface area contributed by atoms with E-state index in [2.05, 4.69) is 22.9 Å². The van der Waals surface area contributed by atoms with Crippen LogP contribution in [0.4, 0.5) is 4.79 Å². The van der Waals surface area contributed by atoms with Crippen molar-refractivity contribution >= 4 is 23.4 Å². The molecule has 0 spiro atoms. The van der Waals surface area contributed by atoms with Gasteiger partial charge < -0.3 is 20.9 Å². The van der Waals surface area contributed by atoms with E-state index in [1.54, 1.807) is 14.1 Å². The Morgan fingerprint density at radius 3 is 2.25 bits per heavy atom. The minimum absolute atomic E-state index is 0.0911. The topological polar surface area (TPSA) is 56.4 Å². The first kappa shape index (κ1) is 15.0. The maximum absolute atomic E-state index is 11.1. The Hall–Kier alpha value is -1.04. The van der Waals surface area contributed by atoms with E-state index < -0.39 is 0 Å². The van der Waals surface area contributed by atoms with Crippen molar-refractivity contribution in [1.29, 1.82) is 0 Å². The summed E-state index contributed by atoms with van der Waals surface area (Å²) in [6.07, 6.45) is 2.26. The Labute approximate surface area is 103 Å². The largest absolute Gasteiger partial charge is 0.363 e. The number of unbranched alkanes of at least 4 members (excludes halogenated alkanes) is 1. The van der Waals surface area contributed by atoms with Crippen LogP contribution in [0.1, 0.15) is 19.8 Å². The summed E-state index contributed by atoms with van der Waals surface area (Å²) in [5.41, 5.74) is 0. The van der Waals surface area contributed by atoms with E-state index in [9.17, 15) is 4.79 Å². The third kappa shape index (κ3) is 8.28. The van der Waals surface area contributed by atoms with Crippen molar-refractivity contribution in [2.45, 2.75) is 19.8 Å². The fraction of sp³-hybridized carbons (Fsp3) is 0.800. The van der Waals surface area contributed by atoms with Gasteiger partial charge in [0.1, 0.15) is 0 Å². The van der Waals surface area contributed by atoms with Gasteiger partial charge in [-0.1, -0.05) is 13.3 Å². The highest BCUT2D eigenvalue weighted by atomic mass is 32.1. The molecule has 94 valence electrons. The quantitative estimate of drug-likeness (QED) is 0.472. The lowest BCUT2D eigenvalue weighted by molar-refractivity contribution is 0.217. The second-order valence-electron chi connectivity index (χ2n) is 3.66. The molecule has 0 fully saturated rings. The van der Waals surface area contributed by atoms with Gasteiger partial charge in [-0.3, -0.25) is 0 Å². The second-order valence-corrected chi connectivity index (χ2v) is 4.07. The summed E-state index contributed by atoms with van der Waals surface area (Å²) < 4.78 is 0. The Balaban J connectivity index is 3.37. The van der Waals surface area contributed by atoms with Crippen LogP contribution in [-0.4, -0.2) is 49.8 Å². The third-order valence-electron chi connectivity index (χ3n) is 1.91. The van der Waals surface area contributed by atoms with Crippen LogP contribution in [0.3, 0.4) is 0 Å². The number of hydrogen-bond acceptors (Lipinski definition) is 2. The third-order valence-corrected chi connectivity index (χ3v) is 2.20. The highest BCUT2D eigenvalue weighted by Gasteiger charge is 2.00. The summed E-state index contributed by atoms with van der Waals surface area (Å²) in [6, 6.07) is -0.0911. The first-order valence-corrected chi connectivity index (χ1v) is 5.95. The van der Waals surface area contributed by atoms with Gasteiger partial charge in [0.05, 0.1) is 0 Å². The zero-order valence-electron chi connectivity index (χ0n) is 10.3. The lowest BCUT2D eigenvalue weighted by Gasteiger charge is -2.13. The molecule has 0 saturated carbocycles. The molecule has 0 saturated heterocycles. The molecule has 5 nitrogen and oxygen atoms in total. The number of rotatable bonds is 6. The molecule has 0 unspecified atom stereocenters. The van der Waals surface area contributed by atoms with E-state index in [-0.39, 0.29) is 6.03 Å². The predicted molar refractivity (Wildman–Crippen MR) is 70.6 cm³/mol. The van der Waals surface area contributed by atoms with Crippen molar-refractivity contribution in [1.82, 2.24) is 20.9 Å². The molecule has 0 aliphatic rings. The molecule has 0 heterocycles. The SMILES string of the molecule is CCCCNC(=S)NCCNC(=O)N(C)C. The molecule has 0 atom stereocenters. The van der Waals surface area contributed by atoms with Crippen LogP contribution in [-0.2, 0) is 0 Å². The van der Waals surface area contributed by atoms with Gasteiger partial charge in [0.25, 0.3) is 0 Å². The van der Waals surface area contributed by atoms with Crippen LogP contribution >= 0.6 is 12.2 Å². The van der Waals surface area contributed by atoms with Gasteiger partial charge in [-0.2, -0.15) is 0 Å². The minimum atomic E-state index is -0.0911. The van der Waals surface area contributed by atoms with Crippen molar-refractivity contribution in [3.8, 4) is 0 Å². The van der Waals surface area contributed by atoms with Gasteiger partial charge in [0, 0.05) is 33.7 Å². The van der Waals surface area contributed by atoms with Crippen LogP contribution in [0, 0.1) is 0 Å². The number of urea groups is 1. The summed E-state index contributed by atoms with van der Waals surface area (Å²) in [5.74, 6) is 0. The normalized spacial score (nSPS) is 9.44. The van der Waals surface area contributed by atoms with Crippen LogP contribution < -0.4 is 16.0 Å². The van der Waals surface area contributed by atoms with Crippen LogP contribution in [0.25, 0.3) is 0 Å². The van der Waals surface area contributed by atoms with Crippen LogP contribution in [0.5, 0.6) is 0 Å². The maximum atomic E-state index is 11.1. The second kappa shape index (κ2) is 9.21. The first-order chi connectivity index (χ1) is 7.57. The Kier molecular flexibility index (Phi) is 8.61. The average molecular weight is 246 g/mol. The lowest BCUT2D eigenvalue weighted by Crippen LogP contribution is -2.42. The molecule has 0 bridgehead atoms. The number of hydrogen-bond donors (Lipinski definition) is 3. The number of carbonyl (C=O) groups excluding carboxylic acids is 1. The highest BCUT2D eigenvalue weighted by Crippen LogP contribution is 1.82. The summed E-state index contributed by atoms with van der Waals surface area (Å²) >= 11 is 5.05. The Morgan fingerprint density at radius 2 is 1.69 bits per heavy atom. The smallest absolute Gasteiger partial charge is 0.316 e. The number of nitrogens with zero attached hydrogens (tertiary/aromatic N) is 1. The van der Waals surface area contributed by atoms with Gasteiger partial charge in [0.2, 0.25) is 0 Å². The first-order valence-electron chi connectivity index (χ1n) is 5.54. The van der Waals surface area contributed by atoms with E-state index in [0.717, 1.165) is 19.4 Å². The van der Waals surface area contributed by atoms with Crippen molar-refractivity contribution in [3.05, 3.63) is 0 Å². The maximum Gasteiger partial charge on any atom is 0.316 e. The summed E-state index contributed by atoms with van der Waals surface area (Å²) in [5, 5.41) is 9.50. The number of nitrogens with one attached hydrogen (secondary N) is 3. The van der Waals surface area contributed by atoms with E-state index in [1.165, 1.54) is 4.90 Å². The molecular weight excluding hydrogens is 224 g/mol. The monoisotopic (exact) mass is 246 g/mol. The minimum Gasteiger partial charge on any atom is -0.363 e. The number of carbonyl (C=O) groups is 1. The van der Waals surface area contributed by atoms with E-state index in [0.29, 0.717) is 18.2 Å².